The third-order valence-corrected chi connectivity index (χ3v) is 5.36. The Morgan fingerprint density at radius 1 is 1.04 bits per heavy atom. The zero-order valence-corrected chi connectivity index (χ0v) is 16.6. The summed E-state index contributed by atoms with van der Waals surface area (Å²) in [6, 6.07) is 15.6. The summed E-state index contributed by atoms with van der Waals surface area (Å²) in [5.74, 6) is -0.286. The van der Waals surface area contributed by atoms with Crippen LogP contribution in [0.5, 0.6) is 0 Å². The van der Waals surface area contributed by atoms with E-state index in [0.717, 1.165) is 25.7 Å². The predicted molar refractivity (Wildman–Crippen MR) is 112 cm³/mol. The topological polar surface area (TPSA) is 70.2 Å². The van der Waals surface area contributed by atoms with Crippen molar-refractivity contribution in [2.75, 3.05) is 11.9 Å². The number of nitrogens with one attached hydrogen (secondary N) is 3. The van der Waals surface area contributed by atoms with Gasteiger partial charge in [0.05, 0.1) is 17.8 Å². The molecule has 1 aliphatic carbocycles. The molecule has 2 amide bonds. The van der Waals surface area contributed by atoms with Crippen LogP contribution in [0.3, 0.4) is 0 Å². The summed E-state index contributed by atoms with van der Waals surface area (Å²) in [6.07, 6.45) is 4.38. The molecule has 1 aliphatic rings. The molecule has 0 bridgehead atoms. The van der Waals surface area contributed by atoms with Gasteiger partial charge in [-0.2, -0.15) is 0 Å². The van der Waals surface area contributed by atoms with Gasteiger partial charge in [0.2, 0.25) is 5.91 Å². The van der Waals surface area contributed by atoms with Crippen molar-refractivity contribution in [3.05, 3.63) is 65.2 Å². The number of hydrogen-bond donors (Lipinski definition) is 3. The fraction of sp³-hybridized carbons (Fsp3) is 0.391. The van der Waals surface area contributed by atoms with Crippen LogP contribution < -0.4 is 16.0 Å². The molecule has 3 rings (SSSR count). The van der Waals surface area contributed by atoms with E-state index in [4.69, 9.17) is 0 Å². The molecule has 2 aromatic carbocycles. The molecule has 0 unspecified atom stereocenters. The van der Waals surface area contributed by atoms with E-state index in [1.807, 2.05) is 31.2 Å². The van der Waals surface area contributed by atoms with Gasteiger partial charge in [0, 0.05) is 12.1 Å². The smallest absolute Gasteiger partial charge is 0.253 e. The van der Waals surface area contributed by atoms with Crippen LogP contribution in [0, 0.1) is 6.92 Å². The number of hydrogen-bond acceptors (Lipinski definition) is 3. The Labute approximate surface area is 166 Å². The molecule has 0 radical (unpaired) electrons. The molecule has 1 saturated carbocycles. The van der Waals surface area contributed by atoms with Crippen LogP contribution in [0.1, 0.15) is 60.1 Å². The number of benzene rings is 2. The Balaban J connectivity index is 1.58. The highest BCUT2D eigenvalue weighted by Crippen LogP contribution is 2.20. The monoisotopic (exact) mass is 379 g/mol. The van der Waals surface area contributed by atoms with Gasteiger partial charge in [-0.25, -0.2) is 0 Å². The second-order valence-corrected chi connectivity index (χ2v) is 7.51. The number of aryl methyl sites for hydroxylation is 1. The summed E-state index contributed by atoms with van der Waals surface area (Å²) in [5, 5.41) is 9.21. The Morgan fingerprint density at radius 2 is 1.71 bits per heavy atom. The lowest BCUT2D eigenvalue weighted by Gasteiger charge is -2.17. The van der Waals surface area contributed by atoms with E-state index in [0.29, 0.717) is 11.3 Å². The maximum Gasteiger partial charge on any atom is 0.253 e. The Hall–Kier alpha value is -2.66. The van der Waals surface area contributed by atoms with Crippen molar-refractivity contribution in [1.82, 2.24) is 10.6 Å². The van der Waals surface area contributed by atoms with Gasteiger partial charge in [-0.05, 0) is 49.9 Å². The van der Waals surface area contributed by atoms with Crippen LogP contribution in [-0.4, -0.2) is 24.4 Å². The van der Waals surface area contributed by atoms with Gasteiger partial charge in [0.25, 0.3) is 5.91 Å². The second kappa shape index (κ2) is 9.51. The van der Waals surface area contributed by atoms with E-state index in [1.54, 1.807) is 12.1 Å². The quantitative estimate of drug-likeness (QED) is 0.682. The molecule has 5 nitrogen and oxygen atoms in total. The summed E-state index contributed by atoms with van der Waals surface area (Å²) >= 11 is 0. The molecule has 2 aromatic rings. The molecule has 0 spiro atoms. The minimum absolute atomic E-state index is 0.0628. The lowest BCUT2D eigenvalue weighted by Crippen LogP contribution is -2.34. The standard InChI is InChI=1S/C23H29N3O2/c1-16-9-3-6-12-19(16)17(2)24-15-22(27)26-21-14-8-7-13-20(21)23(28)25-18-10-4-5-11-18/h3,6-9,12-14,17-18,24H,4-5,10-11,15H2,1-2H3,(H,25,28)(H,26,27)/t17-/m0/s1. The molecule has 0 saturated heterocycles. The van der Waals surface area contributed by atoms with Crippen molar-refractivity contribution in [3.8, 4) is 0 Å². The Bertz CT molecular complexity index is 828. The van der Waals surface area contributed by atoms with Gasteiger partial charge < -0.3 is 16.0 Å². The molecule has 148 valence electrons. The molecule has 28 heavy (non-hydrogen) atoms. The number of amides is 2. The van der Waals surface area contributed by atoms with E-state index in [9.17, 15) is 9.59 Å². The fourth-order valence-corrected chi connectivity index (χ4v) is 3.75. The highest BCUT2D eigenvalue weighted by atomic mass is 16.2. The fourth-order valence-electron chi connectivity index (χ4n) is 3.75. The number of carbonyl (C=O) groups is 2. The van der Waals surface area contributed by atoms with E-state index < -0.39 is 0 Å². The molecule has 0 heterocycles. The molecule has 1 atom stereocenters. The summed E-state index contributed by atoms with van der Waals surface area (Å²) in [7, 11) is 0. The van der Waals surface area contributed by atoms with Gasteiger partial charge in [-0.1, -0.05) is 49.2 Å². The van der Waals surface area contributed by atoms with Gasteiger partial charge in [0.1, 0.15) is 0 Å². The van der Waals surface area contributed by atoms with Crippen LogP contribution in [0.25, 0.3) is 0 Å². The first-order valence-corrected chi connectivity index (χ1v) is 10.0. The first-order chi connectivity index (χ1) is 13.5. The predicted octanol–water partition coefficient (Wildman–Crippen LogP) is 3.96. The minimum atomic E-state index is -0.165. The molecule has 1 fully saturated rings. The highest BCUT2D eigenvalue weighted by Gasteiger charge is 2.20. The van der Waals surface area contributed by atoms with Crippen molar-refractivity contribution < 1.29 is 9.59 Å². The molecule has 5 heteroatoms. The van der Waals surface area contributed by atoms with Crippen LogP contribution in [-0.2, 0) is 4.79 Å². The average molecular weight is 380 g/mol. The summed E-state index contributed by atoms with van der Waals surface area (Å²) in [6.45, 7) is 4.28. The number of para-hydroxylation sites is 1. The van der Waals surface area contributed by atoms with Gasteiger partial charge in [-0.15, -0.1) is 0 Å². The van der Waals surface area contributed by atoms with Crippen molar-refractivity contribution >= 4 is 17.5 Å². The molecular formula is C23H29N3O2. The van der Waals surface area contributed by atoms with Crippen molar-refractivity contribution in [1.29, 1.82) is 0 Å². The Kier molecular flexibility index (Phi) is 6.82. The number of rotatable bonds is 7. The van der Waals surface area contributed by atoms with E-state index >= 15 is 0 Å². The number of carbonyl (C=O) groups excluding carboxylic acids is 2. The normalized spacial score (nSPS) is 15.2. The van der Waals surface area contributed by atoms with Crippen molar-refractivity contribution in [3.63, 3.8) is 0 Å². The lowest BCUT2D eigenvalue weighted by atomic mass is 10.0. The van der Waals surface area contributed by atoms with Crippen molar-refractivity contribution in [2.24, 2.45) is 0 Å². The maximum absolute atomic E-state index is 12.6. The summed E-state index contributed by atoms with van der Waals surface area (Å²) in [5.41, 5.74) is 3.42. The minimum Gasteiger partial charge on any atom is -0.349 e. The SMILES string of the molecule is Cc1ccccc1[C@H](C)NCC(=O)Nc1ccccc1C(=O)NC1CCCC1. The highest BCUT2D eigenvalue weighted by molar-refractivity contribution is 6.04. The first-order valence-electron chi connectivity index (χ1n) is 10.0. The van der Waals surface area contributed by atoms with E-state index in [1.165, 1.54) is 11.1 Å². The van der Waals surface area contributed by atoms with Gasteiger partial charge in [0.15, 0.2) is 0 Å². The zero-order valence-electron chi connectivity index (χ0n) is 16.6. The maximum atomic E-state index is 12.6. The van der Waals surface area contributed by atoms with Crippen LogP contribution >= 0.6 is 0 Å². The van der Waals surface area contributed by atoms with Gasteiger partial charge in [-0.3, -0.25) is 9.59 Å². The molecule has 0 aromatic heterocycles. The third kappa shape index (κ3) is 5.20. The van der Waals surface area contributed by atoms with Gasteiger partial charge >= 0.3 is 0 Å². The van der Waals surface area contributed by atoms with Crippen LogP contribution in [0.15, 0.2) is 48.5 Å². The Morgan fingerprint density at radius 3 is 2.46 bits per heavy atom. The molecular weight excluding hydrogens is 350 g/mol. The largest absolute Gasteiger partial charge is 0.349 e. The molecule has 3 N–H and O–H groups in total. The zero-order chi connectivity index (χ0) is 19.9. The third-order valence-electron chi connectivity index (χ3n) is 5.36. The van der Waals surface area contributed by atoms with Crippen LogP contribution in [0.4, 0.5) is 5.69 Å². The second-order valence-electron chi connectivity index (χ2n) is 7.51. The summed E-state index contributed by atoms with van der Waals surface area (Å²) < 4.78 is 0. The summed E-state index contributed by atoms with van der Waals surface area (Å²) in [4.78, 5) is 25.1. The lowest BCUT2D eigenvalue weighted by molar-refractivity contribution is -0.115. The van der Waals surface area contributed by atoms with Crippen LogP contribution in [0.2, 0.25) is 0 Å². The van der Waals surface area contributed by atoms with Crippen molar-refractivity contribution in [2.45, 2.75) is 51.6 Å². The van der Waals surface area contributed by atoms with E-state index in [-0.39, 0.29) is 30.4 Å². The first kappa shape index (κ1) is 20.1. The number of anilines is 1. The molecule has 0 aliphatic heterocycles. The van der Waals surface area contributed by atoms with E-state index in [2.05, 4.69) is 35.0 Å². The average Bonchev–Trinajstić information content (AvgIpc) is 3.20.